The smallest absolute Gasteiger partial charge is 0.187 e. The number of nitrogens with one attached hydrogen (secondary N) is 1. The molecule has 2 aliphatic carbocycles. The molecule has 5 rings (SSSR count). The van der Waals surface area contributed by atoms with E-state index in [0.29, 0.717) is 6.42 Å². The van der Waals surface area contributed by atoms with Crippen LogP contribution in [-0.4, -0.2) is 11.7 Å². The third kappa shape index (κ3) is 3.68. The summed E-state index contributed by atoms with van der Waals surface area (Å²) in [6.07, 6.45) is 1.95. The predicted molar refractivity (Wildman–Crippen MR) is 113 cm³/mol. The minimum absolute atomic E-state index is 0.481. The van der Waals surface area contributed by atoms with Crippen LogP contribution in [0, 0.1) is 0 Å². The summed E-state index contributed by atoms with van der Waals surface area (Å²) in [5.74, 6) is 0.764. The second kappa shape index (κ2) is 8.17. The van der Waals surface area contributed by atoms with Crippen LogP contribution in [0.4, 0.5) is 0 Å². The molecule has 2 N–H and O–H groups in total. The van der Waals surface area contributed by atoms with Crippen molar-refractivity contribution in [3.8, 4) is 16.9 Å². The van der Waals surface area contributed by atoms with Crippen LogP contribution >= 0.6 is 0 Å². The average molecular weight is 373 g/mol. The fraction of sp³-hybridized carbons (Fsp3) is 0.280. The second-order valence-electron chi connectivity index (χ2n) is 7.39. The van der Waals surface area contributed by atoms with Crippen LogP contribution in [0.3, 0.4) is 0 Å². The quantitative estimate of drug-likeness (QED) is 0.502. The Labute approximate surface area is 167 Å². The Morgan fingerprint density at radius 1 is 0.929 bits per heavy atom. The van der Waals surface area contributed by atoms with Crippen LogP contribution in [0.5, 0.6) is 5.75 Å². The SMILES string of the molecule is CCCNC1(c2ccccc2)CCC(O)c2ccccc2O1.c1cc2ccc1-2. The Kier molecular flexibility index (Phi) is 5.47. The summed E-state index contributed by atoms with van der Waals surface area (Å²) in [5, 5.41) is 14.0. The molecule has 1 heterocycles. The van der Waals surface area contributed by atoms with Crippen LogP contribution in [0.15, 0.2) is 78.9 Å². The lowest BCUT2D eigenvalue weighted by atomic mass is 9.95. The van der Waals surface area contributed by atoms with E-state index in [2.05, 4.69) is 48.6 Å². The monoisotopic (exact) mass is 373 g/mol. The summed E-state index contributed by atoms with van der Waals surface area (Å²) in [6.45, 7) is 3.01. The molecule has 0 amide bonds. The molecule has 3 aliphatic rings. The number of para-hydroxylation sites is 1. The first-order valence-electron chi connectivity index (χ1n) is 10.1. The highest BCUT2D eigenvalue weighted by Gasteiger charge is 2.38. The van der Waals surface area contributed by atoms with Crippen molar-refractivity contribution < 1.29 is 9.84 Å². The van der Waals surface area contributed by atoms with Gasteiger partial charge in [0.2, 0.25) is 0 Å². The van der Waals surface area contributed by atoms with Gasteiger partial charge in [0, 0.05) is 17.5 Å². The van der Waals surface area contributed by atoms with Gasteiger partial charge < -0.3 is 9.84 Å². The summed E-state index contributed by atoms with van der Waals surface area (Å²) in [6, 6.07) is 26.5. The minimum Gasteiger partial charge on any atom is -0.468 e. The molecule has 144 valence electrons. The molecule has 0 saturated carbocycles. The largest absolute Gasteiger partial charge is 0.468 e. The van der Waals surface area contributed by atoms with Crippen molar-refractivity contribution in [3.63, 3.8) is 0 Å². The van der Waals surface area contributed by atoms with E-state index in [9.17, 15) is 5.11 Å². The van der Waals surface area contributed by atoms with Crippen LogP contribution < -0.4 is 10.1 Å². The fourth-order valence-corrected chi connectivity index (χ4v) is 3.71. The number of rotatable bonds is 4. The first-order chi connectivity index (χ1) is 13.7. The van der Waals surface area contributed by atoms with Gasteiger partial charge in [0.15, 0.2) is 5.72 Å². The molecule has 2 unspecified atom stereocenters. The highest BCUT2D eigenvalue weighted by Crippen LogP contribution is 2.40. The first kappa shape index (κ1) is 18.7. The van der Waals surface area contributed by atoms with Gasteiger partial charge >= 0.3 is 0 Å². The number of fused-ring (bicyclic) bond motifs is 2. The molecule has 3 heteroatoms. The summed E-state index contributed by atoms with van der Waals surface area (Å²) in [7, 11) is 0. The summed E-state index contributed by atoms with van der Waals surface area (Å²) in [4.78, 5) is 0. The number of hydrogen-bond acceptors (Lipinski definition) is 3. The molecule has 2 atom stereocenters. The highest BCUT2D eigenvalue weighted by molar-refractivity contribution is 5.75. The molecule has 0 spiro atoms. The molecule has 28 heavy (non-hydrogen) atoms. The Morgan fingerprint density at radius 2 is 1.57 bits per heavy atom. The third-order valence-electron chi connectivity index (χ3n) is 5.45. The molecule has 0 bridgehead atoms. The predicted octanol–water partition coefficient (Wildman–Crippen LogP) is 5.41. The van der Waals surface area contributed by atoms with Crippen LogP contribution in [-0.2, 0) is 5.72 Å². The van der Waals surface area contributed by atoms with Gasteiger partial charge in [-0.25, -0.2) is 0 Å². The zero-order valence-electron chi connectivity index (χ0n) is 16.3. The molecule has 0 radical (unpaired) electrons. The van der Waals surface area contributed by atoms with Gasteiger partial charge in [-0.1, -0.05) is 79.7 Å². The van der Waals surface area contributed by atoms with Crippen molar-refractivity contribution in [1.82, 2.24) is 5.32 Å². The van der Waals surface area contributed by atoms with Crippen molar-refractivity contribution >= 4 is 0 Å². The van der Waals surface area contributed by atoms with Crippen molar-refractivity contribution in [2.24, 2.45) is 0 Å². The van der Waals surface area contributed by atoms with Gasteiger partial charge in [-0.05, 0) is 36.6 Å². The molecule has 0 saturated heterocycles. The van der Waals surface area contributed by atoms with Gasteiger partial charge in [0.25, 0.3) is 0 Å². The molecular weight excluding hydrogens is 346 g/mol. The molecule has 0 aromatic heterocycles. The molecular formula is C25H27NO2. The summed E-state index contributed by atoms with van der Waals surface area (Å²) >= 11 is 0. The second-order valence-corrected chi connectivity index (χ2v) is 7.39. The fourth-order valence-electron chi connectivity index (χ4n) is 3.71. The number of aliphatic hydroxyl groups is 1. The summed E-state index contributed by atoms with van der Waals surface area (Å²) in [5.41, 5.74) is 4.25. The number of benzene rings is 3. The van der Waals surface area contributed by atoms with E-state index >= 15 is 0 Å². The molecule has 2 aromatic rings. The maximum absolute atomic E-state index is 10.4. The van der Waals surface area contributed by atoms with E-state index < -0.39 is 11.8 Å². The van der Waals surface area contributed by atoms with Crippen LogP contribution in [0.25, 0.3) is 11.1 Å². The van der Waals surface area contributed by atoms with Gasteiger partial charge in [-0.3, -0.25) is 5.32 Å². The molecule has 2 aromatic carbocycles. The van der Waals surface area contributed by atoms with E-state index in [4.69, 9.17) is 4.74 Å². The normalized spacial score (nSPS) is 21.4. The zero-order chi connectivity index (χ0) is 19.4. The zero-order valence-corrected chi connectivity index (χ0v) is 16.3. The Bertz CT molecular complexity index is 886. The maximum atomic E-state index is 10.4. The lowest BCUT2D eigenvalue weighted by molar-refractivity contribution is 0.0180. The van der Waals surface area contributed by atoms with Crippen LogP contribution in [0.2, 0.25) is 0 Å². The van der Waals surface area contributed by atoms with Gasteiger partial charge in [0.1, 0.15) is 5.75 Å². The molecule has 3 nitrogen and oxygen atoms in total. The summed E-state index contributed by atoms with van der Waals surface area (Å²) < 4.78 is 6.43. The first-order valence-corrected chi connectivity index (χ1v) is 10.1. The van der Waals surface area contributed by atoms with E-state index in [-0.39, 0.29) is 0 Å². The topological polar surface area (TPSA) is 41.5 Å². The molecule has 1 aliphatic heterocycles. The molecule has 0 fully saturated rings. The minimum atomic E-state index is -0.579. The number of ether oxygens (including phenoxy) is 1. The Hall–Kier alpha value is -2.62. The maximum Gasteiger partial charge on any atom is 0.187 e. The van der Waals surface area contributed by atoms with E-state index in [1.165, 1.54) is 11.1 Å². The standard InChI is InChI=1S/C19H23NO2.C6H4/c1-2-14-20-19(15-8-4-3-5-9-15)13-12-17(21)16-10-6-7-11-18(16)22-19;1-2-6-4-3-5(1)6/h3-11,17,20-21H,2,12-14H2,1H3;1-4H. The average Bonchev–Trinajstić information content (AvgIpc) is 2.88. The lowest BCUT2D eigenvalue weighted by Crippen LogP contribution is -2.47. The number of aliphatic hydroxyl groups excluding tert-OH is 1. The third-order valence-corrected chi connectivity index (χ3v) is 5.45. The van der Waals surface area contributed by atoms with Crippen molar-refractivity contribution in [1.29, 1.82) is 0 Å². The highest BCUT2D eigenvalue weighted by atomic mass is 16.5. The Balaban J connectivity index is 0.000000268. The van der Waals surface area contributed by atoms with Gasteiger partial charge in [0.05, 0.1) is 6.10 Å². The number of hydrogen-bond donors (Lipinski definition) is 2. The Morgan fingerprint density at radius 3 is 2.18 bits per heavy atom. The van der Waals surface area contributed by atoms with Gasteiger partial charge in [-0.2, -0.15) is 0 Å². The van der Waals surface area contributed by atoms with Gasteiger partial charge in [-0.15, -0.1) is 0 Å². The van der Waals surface area contributed by atoms with Crippen molar-refractivity contribution in [2.45, 2.75) is 38.0 Å². The van der Waals surface area contributed by atoms with E-state index in [0.717, 1.165) is 36.3 Å². The van der Waals surface area contributed by atoms with Crippen LogP contribution in [0.1, 0.15) is 43.4 Å². The lowest BCUT2D eigenvalue weighted by Gasteiger charge is -2.35. The van der Waals surface area contributed by atoms with E-state index in [1.807, 2.05) is 42.5 Å². The van der Waals surface area contributed by atoms with Crippen molar-refractivity contribution in [2.75, 3.05) is 6.54 Å². The van der Waals surface area contributed by atoms with E-state index in [1.54, 1.807) is 0 Å². The van der Waals surface area contributed by atoms with Crippen molar-refractivity contribution in [3.05, 3.63) is 90.0 Å².